The van der Waals surface area contributed by atoms with Gasteiger partial charge in [-0.15, -0.1) is 0 Å². The van der Waals surface area contributed by atoms with Crippen LogP contribution in [-0.4, -0.2) is 28.1 Å². The van der Waals surface area contributed by atoms with Gasteiger partial charge in [0.25, 0.3) is 0 Å². The quantitative estimate of drug-likeness (QED) is 0.430. The zero-order valence-electron chi connectivity index (χ0n) is 18.3. The molecule has 0 radical (unpaired) electrons. The summed E-state index contributed by atoms with van der Waals surface area (Å²) in [7, 11) is 0. The molecule has 2 nitrogen and oxygen atoms in total. The summed E-state index contributed by atoms with van der Waals surface area (Å²) in [6.07, 6.45) is 10.2. The summed E-state index contributed by atoms with van der Waals surface area (Å²) in [5.74, 6) is 0.808. The molecule has 2 saturated heterocycles. The van der Waals surface area contributed by atoms with Crippen LogP contribution in [0.25, 0.3) is 16.5 Å². The Kier molecular flexibility index (Phi) is 5.52. The van der Waals surface area contributed by atoms with Crippen molar-refractivity contribution in [3.8, 4) is 0 Å². The van der Waals surface area contributed by atoms with E-state index in [1.54, 1.807) is 0 Å². The normalized spacial score (nSPS) is 23.8. The molecule has 2 heteroatoms. The van der Waals surface area contributed by atoms with Gasteiger partial charge in [-0.25, -0.2) is 0 Å². The third kappa shape index (κ3) is 3.86. The average molecular weight is 399 g/mol. The number of para-hydroxylation sites is 1. The van der Waals surface area contributed by atoms with Crippen molar-refractivity contribution < 1.29 is 0 Å². The van der Waals surface area contributed by atoms with Crippen LogP contribution in [0.3, 0.4) is 0 Å². The van der Waals surface area contributed by atoms with Crippen molar-refractivity contribution in [1.29, 1.82) is 0 Å². The van der Waals surface area contributed by atoms with Gasteiger partial charge >= 0.3 is 0 Å². The van der Waals surface area contributed by atoms with Crippen LogP contribution < -0.4 is 0 Å². The van der Waals surface area contributed by atoms with Crippen LogP contribution in [-0.2, 0) is 6.54 Å². The van der Waals surface area contributed by atoms with Gasteiger partial charge in [-0.1, -0.05) is 55.1 Å². The maximum Gasteiger partial charge on any atom is 0.0483 e. The maximum absolute atomic E-state index is 4.40. The molecule has 0 saturated carbocycles. The van der Waals surface area contributed by atoms with Crippen LogP contribution >= 0.6 is 0 Å². The van der Waals surface area contributed by atoms with Crippen molar-refractivity contribution in [3.05, 3.63) is 78.5 Å². The predicted molar refractivity (Wildman–Crippen MR) is 128 cm³/mol. The van der Waals surface area contributed by atoms with Crippen LogP contribution in [0.5, 0.6) is 0 Å². The summed E-state index contributed by atoms with van der Waals surface area (Å²) in [6.45, 7) is 9.00. The van der Waals surface area contributed by atoms with Gasteiger partial charge in [-0.3, -0.25) is 4.90 Å². The molecule has 0 N–H and O–H groups in total. The van der Waals surface area contributed by atoms with E-state index in [2.05, 4.69) is 83.8 Å². The van der Waals surface area contributed by atoms with Gasteiger partial charge in [-0.2, -0.15) is 0 Å². The molecule has 0 aliphatic carbocycles. The lowest BCUT2D eigenvalue weighted by atomic mass is 9.84. The molecule has 2 fully saturated rings. The largest absolute Gasteiger partial charge is 0.347 e. The highest BCUT2D eigenvalue weighted by atomic mass is 15.2. The Morgan fingerprint density at radius 3 is 2.40 bits per heavy atom. The highest BCUT2D eigenvalue weighted by Gasteiger charge is 2.40. The molecule has 3 aromatic rings. The molecule has 0 spiro atoms. The highest BCUT2D eigenvalue weighted by molar-refractivity contribution is 5.83. The van der Waals surface area contributed by atoms with E-state index in [0.717, 1.165) is 24.5 Å². The van der Waals surface area contributed by atoms with Gasteiger partial charge in [0, 0.05) is 42.3 Å². The van der Waals surface area contributed by atoms with Crippen LogP contribution in [0.4, 0.5) is 0 Å². The summed E-state index contributed by atoms with van der Waals surface area (Å²) in [5, 5.41) is 1.40. The first-order valence-corrected chi connectivity index (χ1v) is 11.7. The van der Waals surface area contributed by atoms with Crippen molar-refractivity contribution in [1.82, 2.24) is 9.47 Å². The molecule has 0 amide bonds. The van der Waals surface area contributed by atoms with E-state index in [0.29, 0.717) is 0 Å². The second kappa shape index (κ2) is 8.43. The lowest BCUT2D eigenvalue weighted by molar-refractivity contribution is 0.103. The van der Waals surface area contributed by atoms with Gasteiger partial charge in [0.05, 0.1) is 0 Å². The molecule has 3 heterocycles. The Balaban J connectivity index is 1.16. The third-order valence-corrected chi connectivity index (χ3v) is 7.50. The fourth-order valence-electron chi connectivity index (χ4n) is 6.10. The van der Waals surface area contributed by atoms with Gasteiger partial charge in [-0.05, 0) is 74.1 Å². The van der Waals surface area contributed by atoms with Crippen LogP contribution in [0.1, 0.15) is 49.7 Å². The second-order valence-electron chi connectivity index (χ2n) is 9.51. The first-order valence-electron chi connectivity index (χ1n) is 11.7. The number of aryl methyl sites for hydroxylation is 2. The fraction of sp³-hybridized carbons (Fsp3) is 0.429. The average Bonchev–Trinajstić information content (AvgIpc) is 3.21. The molecule has 156 valence electrons. The smallest absolute Gasteiger partial charge is 0.0483 e. The number of hydrogen-bond donors (Lipinski definition) is 0. The topological polar surface area (TPSA) is 8.17 Å². The number of aromatic nitrogens is 1. The van der Waals surface area contributed by atoms with Crippen LogP contribution in [0.15, 0.2) is 67.4 Å². The second-order valence-corrected chi connectivity index (χ2v) is 9.51. The molecule has 2 aliphatic rings. The van der Waals surface area contributed by atoms with Crippen molar-refractivity contribution in [2.24, 2.45) is 5.92 Å². The Hall–Kier alpha value is -2.32. The third-order valence-electron chi connectivity index (χ3n) is 7.50. The van der Waals surface area contributed by atoms with E-state index < -0.39 is 0 Å². The highest BCUT2D eigenvalue weighted by Crippen LogP contribution is 2.41. The monoisotopic (exact) mass is 398 g/mol. The zero-order valence-corrected chi connectivity index (χ0v) is 18.3. The fourth-order valence-corrected chi connectivity index (χ4v) is 6.10. The van der Waals surface area contributed by atoms with E-state index >= 15 is 0 Å². The van der Waals surface area contributed by atoms with Gasteiger partial charge in [0.15, 0.2) is 0 Å². The zero-order chi connectivity index (χ0) is 20.5. The summed E-state index contributed by atoms with van der Waals surface area (Å²) >= 11 is 0. The van der Waals surface area contributed by atoms with Gasteiger partial charge in [0.2, 0.25) is 0 Å². The van der Waals surface area contributed by atoms with E-state index in [4.69, 9.17) is 0 Å². The Morgan fingerprint density at radius 1 is 0.933 bits per heavy atom. The molecule has 2 unspecified atom stereocenters. The number of fused-ring (bicyclic) bond motifs is 3. The lowest BCUT2D eigenvalue weighted by Crippen LogP contribution is -2.43. The molecule has 2 atom stereocenters. The Bertz CT molecular complexity index is 1000. The van der Waals surface area contributed by atoms with Crippen molar-refractivity contribution in [2.75, 3.05) is 6.54 Å². The summed E-state index contributed by atoms with van der Waals surface area (Å²) < 4.78 is 2.46. The number of benzene rings is 2. The Morgan fingerprint density at radius 2 is 1.63 bits per heavy atom. The molecular formula is C28H34N2. The number of allylic oxidation sites excluding steroid dienone is 1. The minimum Gasteiger partial charge on any atom is -0.347 e. The predicted octanol–water partition coefficient (Wildman–Crippen LogP) is 6.69. The van der Waals surface area contributed by atoms with Gasteiger partial charge in [0.1, 0.15) is 0 Å². The molecular weight excluding hydrogens is 364 g/mol. The SMILES string of the molecule is C=C(CC1CC2CCC(C1)N2CCCn1cc(C)c2ccccc21)c1ccccc1. The molecule has 1 aromatic heterocycles. The van der Waals surface area contributed by atoms with Crippen molar-refractivity contribution >= 4 is 16.5 Å². The maximum atomic E-state index is 4.40. The molecule has 2 aliphatic heterocycles. The molecule has 2 aromatic carbocycles. The summed E-state index contributed by atoms with van der Waals surface area (Å²) in [5.41, 5.74) is 5.42. The first kappa shape index (κ1) is 19.6. The van der Waals surface area contributed by atoms with Crippen LogP contribution in [0, 0.1) is 12.8 Å². The van der Waals surface area contributed by atoms with E-state index in [9.17, 15) is 0 Å². The molecule has 5 rings (SSSR count). The number of piperidine rings is 1. The standard InChI is InChI=1S/C28H34N2/c1-21(24-9-4-3-5-10-24)17-23-18-25-13-14-26(19-23)30(25)16-8-15-29-20-22(2)27-11-6-7-12-28(27)29/h3-7,9-12,20,23,25-26H,1,8,13-19H2,2H3. The van der Waals surface area contributed by atoms with E-state index in [1.807, 2.05) is 0 Å². The van der Waals surface area contributed by atoms with E-state index in [1.165, 1.54) is 72.7 Å². The van der Waals surface area contributed by atoms with Gasteiger partial charge < -0.3 is 4.57 Å². The molecule has 30 heavy (non-hydrogen) atoms. The summed E-state index contributed by atoms with van der Waals surface area (Å²) in [4.78, 5) is 2.85. The van der Waals surface area contributed by atoms with Crippen molar-refractivity contribution in [3.63, 3.8) is 0 Å². The Labute approximate surface area is 181 Å². The van der Waals surface area contributed by atoms with E-state index in [-0.39, 0.29) is 0 Å². The minimum atomic E-state index is 0.792. The summed E-state index contributed by atoms with van der Waals surface area (Å²) in [6, 6.07) is 21.2. The van der Waals surface area contributed by atoms with Crippen LogP contribution in [0.2, 0.25) is 0 Å². The minimum absolute atomic E-state index is 0.792. The number of hydrogen-bond acceptors (Lipinski definition) is 1. The molecule has 2 bridgehead atoms. The lowest BCUT2D eigenvalue weighted by Gasteiger charge is -2.39. The van der Waals surface area contributed by atoms with Crippen molar-refractivity contribution in [2.45, 2.75) is 64.1 Å². The first-order chi connectivity index (χ1) is 14.7. The number of nitrogens with zero attached hydrogens (tertiary/aromatic N) is 2. The number of rotatable bonds is 7.